The summed E-state index contributed by atoms with van der Waals surface area (Å²) in [6.07, 6.45) is -4.61. The molecule has 0 fully saturated rings. The molecule has 1 amide bonds. The van der Waals surface area contributed by atoms with Crippen molar-refractivity contribution in [3.63, 3.8) is 0 Å². The Hall–Kier alpha value is -2.26. The summed E-state index contributed by atoms with van der Waals surface area (Å²) in [5, 5.41) is 12.5. The summed E-state index contributed by atoms with van der Waals surface area (Å²) in [4.78, 5) is 21.9. The van der Waals surface area contributed by atoms with Crippen molar-refractivity contribution in [3.8, 4) is 0 Å². The zero-order valence-corrected chi connectivity index (χ0v) is 14.6. The number of amides is 1. The van der Waals surface area contributed by atoms with Crippen LogP contribution in [0.3, 0.4) is 0 Å². The van der Waals surface area contributed by atoms with Crippen LogP contribution in [0.1, 0.15) is 11.1 Å². The first kappa shape index (κ1) is 20.1. The lowest BCUT2D eigenvalue weighted by atomic mass is 10.2. The zero-order chi connectivity index (χ0) is 19.3. The Labute approximate surface area is 155 Å². The van der Waals surface area contributed by atoms with Crippen molar-refractivity contribution >= 4 is 40.6 Å². The number of nitrogens with one attached hydrogen (secondary N) is 1. The van der Waals surface area contributed by atoms with Crippen LogP contribution in [0.2, 0.25) is 5.02 Å². The minimum Gasteiger partial charge on any atom is -0.325 e. The maximum atomic E-state index is 12.8. The Morgan fingerprint density at radius 1 is 1.19 bits per heavy atom. The van der Waals surface area contributed by atoms with Gasteiger partial charge < -0.3 is 5.32 Å². The van der Waals surface area contributed by atoms with Crippen molar-refractivity contribution in [1.29, 1.82) is 0 Å². The summed E-state index contributed by atoms with van der Waals surface area (Å²) in [5.74, 6) is -0.0202. The van der Waals surface area contributed by atoms with E-state index in [9.17, 15) is 28.1 Å². The van der Waals surface area contributed by atoms with Gasteiger partial charge in [-0.3, -0.25) is 14.9 Å². The maximum absolute atomic E-state index is 12.8. The average Bonchev–Trinajstić information content (AvgIpc) is 2.56. The van der Waals surface area contributed by atoms with E-state index in [1.54, 1.807) is 12.1 Å². The summed E-state index contributed by atoms with van der Waals surface area (Å²) in [7, 11) is 0. The van der Waals surface area contributed by atoms with Gasteiger partial charge in [0.05, 0.1) is 21.3 Å². The first-order valence-corrected chi connectivity index (χ1v) is 8.68. The molecule has 0 aromatic heterocycles. The number of anilines is 1. The molecule has 0 saturated carbocycles. The summed E-state index contributed by atoms with van der Waals surface area (Å²) in [6.45, 7) is 0. The molecule has 0 radical (unpaired) electrons. The number of thioether (sulfide) groups is 1. The molecular weight excluding hydrogens is 393 g/mol. The van der Waals surface area contributed by atoms with Crippen molar-refractivity contribution < 1.29 is 22.9 Å². The van der Waals surface area contributed by atoms with Crippen LogP contribution in [0.5, 0.6) is 0 Å². The molecule has 2 aromatic carbocycles. The average molecular weight is 405 g/mol. The molecule has 0 heterocycles. The third-order valence-corrected chi connectivity index (χ3v) is 4.54. The zero-order valence-electron chi connectivity index (χ0n) is 13.0. The van der Waals surface area contributed by atoms with Crippen LogP contribution in [0.4, 0.5) is 24.5 Å². The van der Waals surface area contributed by atoms with Crippen LogP contribution in [-0.2, 0) is 16.7 Å². The van der Waals surface area contributed by atoms with Gasteiger partial charge in [0, 0.05) is 23.6 Å². The molecule has 0 aliphatic carbocycles. The van der Waals surface area contributed by atoms with Gasteiger partial charge >= 0.3 is 6.18 Å². The summed E-state index contributed by atoms with van der Waals surface area (Å²) in [6, 6.07) is 9.03. The van der Waals surface area contributed by atoms with Crippen molar-refractivity contribution in [2.45, 2.75) is 11.9 Å². The van der Waals surface area contributed by atoms with Gasteiger partial charge in [0.2, 0.25) is 5.91 Å². The number of nitro benzene ring substituents is 1. The molecule has 2 rings (SSSR count). The molecule has 26 heavy (non-hydrogen) atoms. The Morgan fingerprint density at radius 2 is 1.85 bits per heavy atom. The molecule has 0 spiro atoms. The molecule has 0 aliphatic rings. The number of nitro groups is 1. The Kier molecular flexibility index (Phi) is 6.49. The SMILES string of the molecule is O=C(CSCc1ccc([N+](=O)[O-])cc1)Nc1ccc(Cl)c(C(F)(F)F)c1. The van der Waals surface area contributed by atoms with Crippen molar-refractivity contribution in [1.82, 2.24) is 0 Å². The fraction of sp³-hybridized carbons (Fsp3) is 0.188. The number of nitrogens with zero attached hydrogens (tertiary/aromatic N) is 1. The molecule has 0 saturated heterocycles. The fourth-order valence-corrected chi connectivity index (χ4v) is 3.01. The van der Waals surface area contributed by atoms with Gasteiger partial charge in [0.25, 0.3) is 5.69 Å². The second kappa shape index (κ2) is 8.41. The van der Waals surface area contributed by atoms with Gasteiger partial charge in [-0.1, -0.05) is 23.7 Å². The summed E-state index contributed by atoms with van der Waals surface area (Å²) >= 11 is 6.75. The Bertz CT molecular complexity index is 813. The monoisotopic (exact) mass is 404 g/mol. The highest BCUT2D eigenvalue weighted by atomic mass is 35.5. The van der Waals surface area contributed by atoms with E-state index in [2.05, 4.69) is 5.32 Å². The number of non-ortho nitro benzene ring substituents is 1. The van der Waals surface area contributed by atoms with Gasteiger partial charge in [-0.2, -0.15) is 13.2 Å². The number of carbonyl (C=O) groups is 1. The largest absolute Gasteiger partial charge is 0.417 e. The number of hydrogen-bond acceptors (Lipinski definition) is 4. The van der Waals surface area contributed by atoms with Gasteiger partial charge in [0.1, 0.15) is 0 Å². The van der Waals surface area contributed by atoms with Crippen molar-refractivity contribution in [3.05, 3.63) is 68.7 Å². The molecule has 5 nitrogen and oxygen atoms in total. The fourth-order valence-electron chi connectivity index (χ4n) is 1.99. The molecular formula is C16H12ClF3N2O3S. The van der Waals surface area contributed by atoms with E-state index in [0.717, 1.165) is 17.7 Å². The smallest absolute Gasteiger partial charge is 0.325 e. The molecule has 0 atom stereocenters. The second-order valence-electron chi connectivity index (χ2n) is 5.16. The molecule has 1 N–H and O–H groups in total. The van der Waals surface area contributed by atoms with E-state index in [1.807, 2.05) is 0 Å². The van der Waals surface area contributed by atoms with Gasteiger partial charge in [0.15, 0.2) is 0 Å². The lowest BCUT2D eigenvalue weighted by molar-refractivity contribution is -0.384. The van der Waals surface area contributed by atoms with E-state index in [1.165, 1.54) is 30.0 Å². The van der Waals surface area contributed by atoms with Crippen LogP contribution in [0.15, 0.2) is 42.5 Å². The van der Waals surface area contributed by atoms with Gasteiger partial charge in [-0.25, -0.2) is 0 Å². The van der Waals surface area contributed by atoms with Crippen molar-refractivity contribution in [2.75, 3.05) is 11.1 Å². The molecule has 0 bridgehead atoms. The van der Waals surface area contributed by atoms with Gasteiger partial charge in [-0.05, 0) is 23.8 Å². The van der Waals surface area contributed by atoms with E-state index >= 15 is 0 Å². The van der Waals surface area contributed by atoms with E-state index in [0.29, 0.717) is 5.75 Å². The third-order valence-electron chi connectivity index (χ3n) is 3.20. The number of hydrogen-bond donors (Lipinski definition) is 1. The lowest BCUT2D eigenvalue weighted by Gasteiger charge is -2.11. The minimum absolute atomic E-state index is 0.00246. The quantitative estimate of drug-likeness (QED) is 0.534. The molecule has 138 valence electrons. The van der Waals surface area contributed by atoms with Crippen LogP contribution in [0, 0.1) is 10.1 Å². The van der Waals surface area contributed by atoms with Crippen LogP contribution in [-0.4, -0.2) is 16.6 Å². The number of alkyl halides is 3. The molecule has 10 heteroatoms. The normalized spacial score (nSPS) is 11.2. The third kappa shape index (κ3) is 5.63. The predicted molar refractivity (Wildman–Crippen MR) is 94.3 cm³/mol. The highest BCUT2D eigenvalue weighted by Gasteiger charge is 2.33. The lowest BCUT2D eigenvalue weighted by Crippen LogP contribution is -2.15. The standard InChI is InChI=1S/C16H12ClF3N2O3S/c17-14-6-3-11(7-13(14)16(18,19)20)21-15(23)9-26-8-10-1-4-12(5-2-10)22(24)25/h1-7H,8-9H2,(H,21,23). The summed E-state index contributed by atoms with van der Waals surface area (Å²) < 4.78 is 38.4. The second-order valence-corrected chi connectivity index (χ2v) is 6.55. The van der Waals surface area contributed by atoms with E-state index < -0.39 is 27.6 Å². The number of rotatable bonds is 6. The maximum Gasteiger partial charge on any atom is 0.417 e. The topological polar surface area (TPSA) is 72.2 Å². The highest BCUT2D eigenvalue weighted by molar-refractivity contribution is 7.99. The van der Waals surface area contributed by atoms with E-state index in [4.69, 9.17) is 11.6 Å². The minimum atomic E-state index is -4.61. The van der Waals surface area contributed by atoms with Crippen molar-refractivity contribution in [2.24, 2.45) is 0 Å². The number of carbonyl (C=O) groups excluding carboxylic acids is 1. The molecule has 0 aliphatic heterocycles. The summed E-state index contributed by atoms with van der Waals surface area (Å²) in [5.41, 5.74) is -0.253. The Balaban J connectivity index is 1.88. The number of halogens is 4. The van der Waals surface area contributed by atoms with E-state index in [-0.39, 0.29) is 17.1 Å². The van der Waals surface area contributed by atoms with Gasteiger partial charge in [-0.15, -0.1) is 11.8 Å². The predicted octanol–water partition coefficient (Wildman–Crippen LogP) is 5.14. The first-order chi connectivity index (χ1) is 12.2. The highest BCUT2D eigenvalue weighted by Crippen LogP contribution is 2.36. The number of benzene rings is 2. The molecule has 0 unspecified atom stereocenters. The first-order valence-electron chi connectivity index (χ1n) is 7.14. The van der Waals surface area contributed by atoms with Crippen LogP contribution >= 0.6 is 23.4 Å². The van der Waals surface area contributed by atoms with Crippen LogP contribution < -0.4 is 5.32 Å². The van der Waals surface area contributed by atoms with Crippen LogP contribution in [0.25, 0.3) is 0 Å². The Morgan fingerprint density at radius 3 is 2.42 bits per heavy atom. The molecule has 2 aromatic rings.